The third-order valence-electron chi connectivity index (χ3n) is 2.92. The zero-order valence-electron chi connectivity index (χ0n) is 10.4. The van der Waals surface area contributed by atoms with Crippen LogP contribution in [0, 0.1) is 0 Å². The molecule has 0 radical (unpaired) electrons. The fourth-order valence-electron chi connectivity index (χ4n) is 1.91. The molecule has 1 atom stereocenters. The predicted octanol–water partition coefficient (Wildman–Crippen LogP) is 1.10. The van der Waals surface area contributed by atoms with E-state index in [1.165, 1.54) is 0 Å². The summed E-state index contributed by atoms with van der Waals surface area (Å²) in [5.41, 5.74) is 0. The van der Waals surface area contributed by atoms with Gasteiger partial charge in [0, 0.05) is 13.1 Å². The second-order valence-corrected chi connectivity index (χ2v) is 5.03. The minimum absolute atomic E-state index is 0.120. The van der Waals surface area contributed by atoms with Gasteiger partial charge in [-0.3, -0.25) is 9.59 Å². The van der Waals surface area contributed by atoms with Crippen LogP contribution < -0.4 is 5.32 Å². The highest BCUT2D eigenvalue weighted by Gasteiger charge is 2.31. The number of thioether (sulfide) groups is 1. The van der Waals surface area contributed by atoms with Crippen LogP contribution in [0.4, 0.5) is 0 Å². The molecule has 2 heterocycles. The number of piperazine rings is 1. The first-order valence-electron chi connectivity index (χ1n) is 5.80. The van der Waals surface area contributed by atoms with Crippen molar-refractivity contribution in [1.82, 2.24) is 10.2 Å². The Morgan fingerprint density at radius 1 is 1.61 bits per heavy atom. The van der Waals surface area contributed by atoms with Gasteiger partial charge in [-0.2, -0.15) is 11.8 Å². The number of amides is 2. The van der Waals surface area contributed by atoms with Gasteiger partial charge in [0.15, 0.2) is 5.76 Å². The Balaban J connectivity index is 2.12. The first kappa shape index (κ1) is 13.0. The van der Waals surface area contributed by atoms with Crippen LogP contribution in [0.2, 0.25) is 0 Å². The third kappa shape index (κ3) is 2.53. The van der Waals surface area contributed by atoms with Gasteiger partial charge >= 0.3 is 0 Å². The molecule has 0 spiro atoms. The van der Waals surface area contributed by atoms with E-state index in [1.807, 2.05) is 6.26 Å². The SMILES string of the molecule is CSCc1ccc(C(=O)N2CCNC(=O)C2C)o1. The Morgan fingerprint density at radius 2 is 2.39 bits per heavy atom. The molecule has 2 rings (SSSR count). The van der Waals surface area contributed by atoms with Crippen molar-refractivity contribution in [1.29, 1.82) is 0 Å². The van der Waals surface area contributed by atoms with Crippen LogP contribution in [-0.4, -0.2) is 42.1 Å². The van der Waals surface area contributed by atoms with Crippen molar-refractivity contribution in [2.45, 2.75) is 18.7 Å². The maximum absolute atomic E-state index is 12.2. The summed E-state index contributed by atoms with van der Waals surface area (Å²) in [6, 6.07) is 3.03. The Hall–Kier alpha value is -1.43. The molecule has 1 aliphatic rings. The lowest BCUT2D eigenvalue weighted by molar-refractivity contribution is -0.127. The maximum atomic E-state index is 12.2. The van der Waals surface area contributed by atoms with Gasteiger partial charge in [0.05, 0.1) is 5.75 Å². The van der Waals surface area contributed by atoms with Crippen LogP contribution in [0.5, 0.6) is 0 Å². The highest BCUT2D eigenvalue weighted by atomic mass is 32.2. The van der Waals surface area contributed by atoms with Gasteiger partial charge < -0.3 is 14.6 Å². The zero-order chi connectivity index (χ0) is 13.1. The minimum atomic E-state index is -0.444. The van der Waals surface area contributed by atoms with Crippen LogP contribution in [0.15, 0.2) is 16.5 Å². The summed E-state index contributed by atoms with van der Waals surface area (Å²) in [5, 5.41) is 2.73. The molecule has 1 fully saturated rings. The number of nitrogens with one attached hydrogen (secondary N) is 1. The molecule has 6 heteroatoms. The summed E-state index contributed by atoms with van der Waals surface area (Å²) in [6.45, 7) is 2.73. The van der Waals surface area contributed by atoms with Crippen molar-refractivity contribution < 1.29 is 14.0 Å². The lowest BCUT2D eigenvalue weighted by atomic mass is 10.2. The van der Waals surface area contributed by atoms with E-state index in [0.29, 0.717) is 18.8 Å². The third-order valence-corrected chi connectivity index (χ3v) is 3.49. The van der Waals surface area contributed by atoms with Gasteiger partial charge in [-0.1, -0.05) is 0 Å². The molecule has 1 N–H and O–H groups in total. The zero-order valence-corrected chi connectivity index (χ0v) is 11.3. The van der Waals surface area contributed by atoms with Gasteiger partial charge in [0.1, 0.15) is 11.8 Å². The van der Waals surface area contributed by atoms with Crippen LogP contribution in [-0.2, 0) is 10.5 Å². The van der Waals surface area contributed by atoms with Crippen molar-refractivity contribution >= 4 is 23.6 Å². The molecule has 1 saturated heterocycles. The quantitative estimate of drug-likeness (QED) is 0.892. The fraction of sp³-hybridized carbons (Fsp3) is 0.500. The predicted molar refractivity (Wildman–Crippen MR) is 69.4 cm³/mol. The number of rotatable bonds is 3. The number of furan rings is 1. The number of carbonyl (C=O) groups excluding carboxylic acids is 2. The van der Waals surface area contributed by atoms with Crippen LogP contribution >= 0.6 is 11.8 Å². The van der Waals surface area contributed by atoms with Gasteiger partial charge in [0.25, 0.3) is 5.91 Å². The summed E-state index contributed by atoms with van der Waals surface area (Å²) in [7, 11) is 0. The number of carbonyl (C=O) groups is 2. The molecular weight excluding hydrogens is 252 g/mol. The van der Waals surface area contributed by atoms with E-state index < -0.39 is 6.04 Å². The van der Waals surface area contributed by atoms with Crippen molar-refractivity contribution in [2.75, 3.05) is 19.3 Å². The lowest BCUT2D eigenvalue weighted by Gasteiger charge is -2.32. The van der Waals surface area contributed by atoms with E-state index in [4.69, 9.17) is 4.42 Å². The molecule has 0 saturated carbocycles. The molecule has 1 unspecified atom stereocenters. The standard InChI is InChI=1S/C12H16N2O3S/c1-8-11(15)13-5-6-14(8)12(16)10-4-3-9(17-10)7-18-2/h3-4,8H,5-7H2,1-2H3,(H,13,15). The van der Waals surface area contributed by atoms with E-state index in [-0.39, 0.29) is 11.8 Å². The van der Waals surface area contributed by atoms with E-state index in [1.54, 1.807) is 35.7 Å². The Kier molecular flexibility index (Phi) is 3.96. The summed E-state index contributed by atoms with van der Waals surface area (Å²) in [6.07, 6.45) is 1.97. The number of hydrogen-bond acceptors (Lipinski definition) is 4. The first-order valence-corrected chi connectivity index (χ1v) is 7.19. The average Bonchev–Trinajstić information content (AvgIpc) is 2.81. The molecule has 0 aromatic carbocycles. The molecular formula is C12H16N2O3S. The molecule has 98 valence electrons. The van der Waals surface area contributed by atoms with E-state index >= 15 is 0 Å². The first-order chi connectivity index (χ1) is 8.63. The summed E-state index contributed by atoms with van der Waals surface area (Å²) in [5.74, 6) is 1.49. The molecule has 1 aromatic rings. The van der Waals surface area contributed by atoms with Crippen LogP contribution in [0.1, 0.15) is 23.2 Å². The smallest absolute Gasteiger partial charge is 0.290 e. The Labute approximate surface area is 110 Å². The monoisotopic (exact) mass is 268 g/mol. The van der Waals surface area contributed by atoms with Gasteiger partial charge in [0.2, 0.25) is 5.91 Å². The van der Waals surface area contributed by atoms with Gasteiger partial charge in [-0.15, -0.1) is 0 Å². The average molecular weight is 268 g/mol. The van der Waals surface area contributed by atoms with Crippen molar-refractivity contribution in [3.63, 3.8) is 0 Å². The summed E-state index contributed by atoms with van der Waals surface area (Å²) < 4.78 is 5.48. The van der Waals surface area contributed by atoms with Crippen molar-refractivity contribution in [3.05, 3.63) is 23.7 Å². The second-order valence-electron chi connectivity index (χ2n) is 4.16. The Morgan fingerprint density at radius 3 is 3.11 bits per heavy atom. The highest BCUT2D eigenvalue weighted by Crippen LogP contribution is 2.17. The number of hydrogen-bond donors (Lipinski definition) is 1. The molecule has 1 aliphatic heterocycles. The van der Waals surface area contributed by atoms with E-state index in [2.05, 4.69) is 5.32 Å². The topological polar surface area (TPSA) is 62.6 Å². The maximum Gasteiger partial charge on any atom is 0.290 e. The van der Waals surface area contributed by atoms with Crippen molar-refractivity contribution in [2.24, 2.45) is 0 Å². The number of nitrogens with zero attached hydrogens (tertiary/aromatic N) is 1. The molecule has 18 heavy (non-hydrogen) atoms. The van der Waals surface area contributed by atoms with E-state index in [0.717, 1.165) is 11.5 Å². The van der Waals surface area contributed by atoms with Gasteiger partial charge in [-0.25, -0.2) is 0 Å². The van der Waals surface area contributed by atoms with Crippen LogP contribution in [0.25, 0.3) is 0 Å². The molecule has 0 aliphatic carbocycles. The molecule has 2 amide bonds. The molecule has 1 aromatic heterocycles. The van der Waals surface area contributed by atoms with E-state index in [9.17, 15) is 9.59 Å². The summed E-state index contributed by atoms with van der Waals surface area (Å²) in [4.78, 5) is 25.3. The van der Waals surface area contributed by atoms with Gasteiger partial charge in [-0.05, 0) is 25.3 Å². The molecule has 0 bridgehead atoms. The van der Waals surface area contributed by atoms with Crippen molar-refractivity contribution in [3.8, 4) is 0 Å². The highest BCUT2D eigenvalue weighted by molar-refractivity contribution is 7.97. The summed E-state index contributed by atoms with van der Waals surface area (Å²) >= 11 is 1.63. The Bertz CT molecular complexity index is 458. The fourth-order valence-corrected chi connectivity index (χ4v) is 2.35. The minimum Gasteiger partial charge on any atom is -0.455 e. The lowest BCUT2D eigenvalue weighted by Crippen LogP contribution is -2.55. The largest absolute Gasteiger partial charge is 0.455 e. The van der Waals surface area contributed by atoms with Crippen LogP contribution in [0.3, 0.4) is 0 Å². The molecule has 5 nitrogen and oxygen atoms in total. The normalized spacial score (nSPS) is 19.8. The second kappa shape index (κ2) is 5.48.